The van der Waals surface area contributed by atoms with Gasteiger partial charge in [0, 0.05) is 0 Å². The van der Waals surface area contributed by atoms with E-state index in [0.717, 1.165) is 17.4 Å². The first kappa shape index (κ1) is 13.6. The van der Waals surface area contributed by atoms with Crippen LogP contribution in [0.1, 0.15) is 32.8 Å². The molecule has 0 saturated carbocycles. The highest BCUT2D eigenvalue weighted by molar-refractivity contribution is 5.85. The zero-order valence-corrected chi connectivity index (χ0v) is 11.8. The lowest BCUT2D eigenvalue weighted by Gasteiger charge is -2.20. The summed E-state index contributed by atoms with van der Waals surface area (Å²) in [5, 5.41) is 2.32. The molecule has 0 saturated heterocycles. The van der Waals surface area contributed by atoms with Crippen LogP contribution in [0, 0.1) is 5.41 Å². The maximum atomic E-state index is 12.0. The highest BCUT2D eigenvalue weighted by atomic mass is 16.5. The molecule has 100 valence electrons. The second kappa shape index (κ2) is 5.43. The molecule has 0 unspecified atom stereocenters. The van der Waals surface area contributed by atoms with Crippen LogP contribution in [-0.4, -0.2) is 5.97 Å². The summed E-state index contributed by atoms with van der Waals surface area (Å²) in [7, 11) is 0. The minimum absolute atomic E-state index is 0.136. The van der Waals surface area contributed by atoms with E-state index >= 15 is 0 Å². The first-order valence-electron chi connectivity index (χ1n) is 6.68. The summed E-state index contributed by atoms with van der Waals surface area (Å²) in [5.74, 6) is -0.136. The molecule has 0 bridgehead atoms. The summed E-state index contributed by atoms with van der Waals surface area (Å²) in [6.45, 7) is 6.17. The Labute approximate surface area is 114 Å². The Kier molecular flexibility index (Phi) is 3.89. The van der Waals surface area contributed by atoms with Gasteiger partial charge in [0.1, 0.15) is 6.61 Å². The number of esters is 1. The van der Waals surface area contributed by atoms with Crippen molar-refractivity contribution in [3.63, 3.8) is 0 Å². The van der Waals surface area contributed by atoms with E-state index in [1.807, 2.05) is 45.0 Å². The van der Waals surface area contributed by atoms with Crippen LogP contribution in [0.3, 0.4) is 0 Å². The van der Waals surface area contributed by atoms with Gasteiger partial charge in [-0.3, -0.25) is 4.79 Å². The molecule has 0 fully saturated rings. The highest BCUT2D eigenvalue weighted by Gasteiger charge is 2.27. The van der Waals surface area contributed by atoms with Gasteiger partial charge in [-0.15, -0.1) is 0 Å². The van der Waals surface area contributed by atoms with Gasteiger partial charge in [0.05, 0.1) is 5.41 Å². The molecular weight excluding hydrogens is 236 g/mol. The van der Waals surface area contributed by atoms with Crippen molar-refractivity contribution < 1.29 is 9.53 Å². The van der Waals surface area contributed by atoms with Crippen molar-refractivity contribution in [2.75, 3.05) is 0 Å². The molecule has 0 N–H and O–H groups in total. The normalized spacial score (nSPS) is 11.5. The zero-order chi connectivity index (χ0) is 13.9. The van der Waals surface area contributed by atoms with Crippen LogP contribution in [0.4, 0.5) is 0 Å². The minimum Gasteiger partial charge on any atom is -0.460 e. The number of hydrogen-bond donors (Lipinski definition) is 0. The van der Waals surface area contributed by atoms with Crippen LogP contribution < -0.4 is 0 Å². The molecule has 2 rings (SSSR count). The quantitative estimate of drug-likeness (QED) is 0.761. The predicted octanol–water partition coefficient (Wildman–Crippen LogP) is 4.32. The fraction of sp³-hybridized carbons (Fsp3) is 0.353. The van der Waals surface area contributed by atoms with Gasteiger partial charge >= 0.3 is 5.97 Å². The van der Waals surface area contributed by atoms with Gasteiger partial charge in [-0.2, -0.15) is 0 Å². The third-order valence-corrected chi connectivity index (χ3v) is 3.68. The molecule has 19 heavy (non-hydrogen) atoms. The molecule has 2 heteroatoms. The largest absolute Gasteiger partial charge is 0.460 e. The van der Waals surface area contributed by atoms with Crippen molar-refractivity contribution in [2.24, 2.45) is 5.41 Å². The van der Waals surface area contributed by atoms with Gasteiger partial charge in [-0.1, -0.05) is 49.4 Å². The lowest BCUT2D eigenvalue weighted by atomic mass is 9.91. The molecule has 0 atom stereocenters. The molecule has 0 aliphatic heterocycles. The smallest absolute Gasteiger partial charge is 0.311 e. The molecule has 0 aromatic heterocycles. The molecule has 0 heterocycles. The Morgan fingerprint density at radius 3 is 2.53 bits per heavy atom. The fourth-order valence-corrected chi connectivity index (χ4v) is 1.90. The summed E-state index contributed by atoms with van der Waals surface area (Å²) >= 11 is 0. The number of ether oxygens (including phenoxy) is 1. The fourth-order valence-electron chi connectivity index (χ4n) is 1.90. The van der Waals surface area contributed by atoms with E-state index in [1.165, 1.54) is 5.39 Å². The number of fused-ring (bicyclic) bond motifs is 1. The van der Waals surface area contributed by atoms with Crippen LogP contribution in [0.25, 0.3) is 10.8 Å². The topological polar surface area (TPSA) is 26.3 Å². The molecule has 0 aliphatic rings. The van der Waals surface area contributed by atoms with E-state index in [1.54, 1.807) is 0 Å². The summed E-state index contributed by atoms with van der Waals surface area (Å²) in [6, 6.07) is 14.2. The van der Waals surface area contributed by atoms with Crippen molar-refractivity contribution in [3.8, 4) is 0 Å². The van der Waals surface area contributed by atoms with E-state index in [2.05, 4.69) is 18.2 Å². The first-order valence-corrected chi connectivity index (χ1v) is 6.68. The Hall–Kier alpha value is -1.83. The molecule has 2 aromatic carbocycles. The van der Waals surface area contributed by atoms with Gasteiger partial charge in [-0.25, -0.2) is 0 Å². The number of rotatable bonds is 4. The van der Waals surface area contributed by atoms with Crippen LogP contribution in [0.2, 0.25) is 0 Å². The maximum Gasteiger partial charge on any atom is 0.311 e. The van der Waals surface area contributed by atoms with Crippen LogP contribution in [-0.2, 0) is 16.1 Å². The maximum absolute atomic E-state index is 12.0. The molecule has 2 aromatic rings. The number of carbonyl (C=O) groups is 1. The summed E-state index contributed by atoms with van der Waals surface area (Å²) in [5.41, 5.74) is 0.642. The third kappa shape index (κ3) is 2.95. The van der Waals surface area contributed by atoms with E-state index in [4.69, 9.17) is 4.74 Å². The standard InChI is InChI=1S/C17H20O2/c1-4-17(2,3)16(18)19-12-14-10-7-9-13-8-5-6-11-15(13)14/h5-11H,4,12H2,1-3H3. The van der Waals surface area contributed by atoms with Crippen molar-refractivity contribution in [1.29, 1.82) is 0 Å². The number of hydrogen-bond acceptors (Lipinski definition) is 2. The van der Waals surface area contributed by atoms with E-state index in [-0.39, 0.29) is 5.97 Å². The van der Waals surface area contributed by atoms with Gasteiger partial charge in [0.2, 0.25) is 0 Å². The minimum atomic E-state index is -0.412. The number of carbonyl (C=O) groups excluding carboxylic acids is 1. The van der Waals surface area contributed by atoms with E-state index in [9.17, 15) is 4.79 Å². The highest BCUT2D eigenvalue weighted by Crippen LogP contribution is 2.24. The lowest BCUT2D eigenvalue weighted by Crippen LogP contribution is -2.25. The Morgan fingerprint density at radius 1 is 1.11 bits per heavy atom. The van der Waals surface area contributed by atoms with E-state index < -0.39 is 5.41 Å². The third-order valence-electron chi connectivity index (χ3n) is 3.68. The monoisotopic (exact) mass is 256 g/mol. The average molecular weight is 256 g/mol. The average Bonchev–Trinajstić information content (AvgIpc) is 2.44. The Morgan fingerprint density at radius 2 is 1.79 bits per heavy atom. The summed E-state index contributed by atoms with van der Waals surface area (Å²) in [6.07, 6.45) is 0.779. The van der Waals surface area contributed by atoms with Crippen LogP contribution >= 0.6 is 0 Å². The van der Waals surface area contributed by atoms with E-state index in [0.29, 0.717) is 6.61 Å². The molecular formula is C17H20O2. The van der Waals surface area contributed by atoms with Crippen LogP contribution in [0.15, 0.2) is 42.5 Å². The summed E-state index contributed by atoms with van der Waals surface area (Å²) in [4.78, 5) is 12.0. The van der Waals surface area contributed by atoms with Gasteiger partial charge in [-0.05, 0) is 36.6 Å². The second-order valence-electron chi connectivity index (χ2n) is 5.45. The van der Waals surface area contributed by atoms with Gasteiger partial charge < -0.3 is 4.74 Å². The van der Waals surface area contributed by atoms with Crippen molar-refractivity contribution in [1.82, 2.24) is 0 Å². The van der Waals surface area contributed by atoms with Gasteiger partial charge in [0.25, 0.3) is 0 Å². The Balaban J connectivity index is 2.17. The Bertz CT molecular complexity index is 579. The molecule has 0 aliphatic carbocycles. The SMILES string of the molecule is CCC(C)(C)C(=O)OCc1cccc2ccccc12. The lowest BCUT2D eigenvalue weighted by molar-refractivity contribution is -0.155. The zero-order valence-electron chi connectivity index (χ0n) is 11.8. The molecule has 2 nitrogen and oxygen atoms in total. The van der Waals surface area contributed by atoms with Gasteiger partial charge in [0.15, 0.2) is 0 Å². The van der Waals surface area contributed by atoms with Crippen LogP contribution in [0.5, 0.6) is 0 Å². The van der Waals surface area contributed by atoms with Crippen molar-refractivity contribution in [2.45, 2.75) is 33.8 Å². The van der Waals surface area contributed by atoms with Crippen molar-refractivity contribution in [3.05, 3.63) is 48.0 Å². The number of benzene rings is 2. The van der Waals surface area contributed by atoms with Crippen molar-refractivity contribution >= 4 is 16.7 Å². The summed E-state index contributed by atoms with van der Waals surface area (Å²) < 4.78 is 5.45. The predicted molar refractivity (Wildman–Crippen MR) is 77.8 cm³/mol. The molecule has 0 radical (unpaired) electrons. The molecule has 0 spiro atoms. The first-order chi connectivity index (χ1) is 9.04. The molecule has 0 amide bonds. The second-order valence-corrected chi connectivity index (χ2v) is 5.45.